The zero-order chi connectivity index (χ0) is 27.1. The van der Waals surface area contributed by atoms with E-state index in [1.807, 2.05) is 48.5 Å². The van der Waals surface area contributed by atoms with Gasteiger partial charge in [0, 0.05) is 41.5 Å². The lowest BCUT2D eigenvalue weighted by atomic mass is 9.78. The minimum atomic E-state index is -0.205. The van der Waals surface area contributed by atoms with E-state index in [2.05, 4.69) is 50.7 Å². The minimum Gasteiger partial charge on any atom is -0.350 e. The van der Waals surface area contributed by atoms with Gasteiger partial charge in [-0.1, -0.05) is 18.2 Å². The predicted molar refractivity (Wildman–Crippen MR) is 154 cm³/mol. The maximum absolute atomic E-state index is 13.6. The number of aryl methyl sites for hydroxylation is 1. The molecule has 4 heterocycles. The number of hydrogen-bond donors (Lipinski definition) is 2. The molecule has 0 saturated carbocycles. The Kier molecular flexibility index (Phi) is 6.64. The van der Waals surface area contributed by atoms with Gasteiger partial charge in [0.15, 0.2) is 0 Å². The van der Waals surface area contributed by atoms with Gasteiger partial charge in [0.25, 0.3) is 11.8 Å². The Hall–Kier alpha value is -3.69. The van der Waals surface area contributed by atoms with Gasteiger partial charge >= 0.3 is 0 Å². The molecule has 204 valence electrons. The van der Waals surface area contributed by atoms with Crippen LogP contribution in [0.4, 0.5) is 5.95 Å². The van der Waals surface area contributed by atoms with Gasteiger partial charge in [-0.2, -0.15) is 0 Å². The molecule has 0 unspecified atom stereocenters. The lowest BCUT2D eigenvalue weighted by Gasteiger charge is -2.40. The normalized spacial score (nSPS) is 17.5. The van der Waals surface area contributed by atoms with Crippen molar-refractivity contribution in [3.63, 3.8) is 0 Å². The van der Waals surface area contributed by atoms with E-state index in [1.165, 1.54) is 0 Å². The monoisotopic (exact) mass is 527 g/mol. The number of imidazole rings is 1. The van der Waals surface area contributed by atoms with Crippen molar-refractivity contribution in [2.45, 2.75) is 32.4 Å². The number of para-hydroxylation sites is 2. The molecule has 2 N–H and O–H groups in total. The molecule has 0 aliphatic carbocycles. The van der Waals surface area contributed by atoms with E-state index in [1.54, 1.807) is 0 Å². The number of aromatic nitrogens is 3. The van der Waals surface area contributed by atoms with Crippen LogP contribution in [0.1, 0.15) is 40.1 Å². The molecule has 2 aromatic carbocycles. The maximum Gasteiger partial charge on any atom is 0.267 e. The largest absolute Gasteiger partial charge is 0.350 e. The van der Waals surface area contributed by atoms with Crippen LogP contribution in [0.3, 0.4) is 0 Å². The predicted octanol–water partition coefficient (Wildman–Crippen LogP) is 3.65. The number of likely N-dealkylation sites (tertiary alicyclic amines) is 1. The zero-order valence-electron chi connectivity index (χ0n) is 23.0. The van der Waals surface area contributed by atoms with Gasteiger partial charge in [-0.15, -0.1) is 0 Å². The van der Waals surface area contributed by atoms with Crippen LogP contribution < -0.4 is 10.6 Å². The quantitative estimate of drug-likeness (QED) is 0.400. The average molecular weight is 528 g/mol. The number of rotatable bonds is 6. The number of hydrogen-bond acceptors (Lipinski definition) is 5. The van der Waals surface area contributed by atoms with Crippen LogP contribution in [0, 0.1) is 5.41 Å². The van der Waals surface area contributed by atoms with E-state index in [4.69, 9.17) is 4.98 Å². The maximum atomic E-state index is 13.6. The van der Waals surface area contributed by atoms with Gasteiger partial charge in [0.2, 0.25) is 5.95 Å². The van der Waals surface area contributed by atoms with Crippen molar-refractivity contribution < 1.29 is 9.59 Å². The van der Waals surface area contributed by atoms with Gasteiger partial charge in [-0.25, -0.2) is 4.98 Å². The van der Waals surface area contributed by atoms with Crippen molar-refractivity contribution in [1.82, 2.24) is 29.2 Å². The first-order valence-corrected chi connectivity index (χ1v) is 13.8. The second-order valence-corrected chi connectivity index (χ2v) is 11.6. The molecule has 4 aromatic rings. The fraction of sp³-hybridized carbons (Fsp3) is 0.433. The molecule has 0 bridgehead atoms. The van der Waals surface area contributed by atoms with Crippen molar-refractivity contribution in [3.8, 4) is 0 Å². The molecule has 0 radical (unpaired) electrons. The Bertz CT molecular complexity index is 1540. The Morgan fingerprint density at radius 1 is 1.10 bits per heavy atom. The summed E-state index contributed by atoms with van der Waals surface area (Å²) < 4.78 is 4.23. The van der Waals surface area contributed by atoms with Crippen LogP contribution in [0.25, 0.3) is 21.9 Å². The zero-order valence-corrected chi connectivity index (χ0v) is 23.0. The number of amides is 2. The summed E-state index contributed by atoms with van der Waals surface area (Å²) in [5.74, 6) is 0.307. The fourth-order valence-corrected chi connectivity index (χ4v) is 6.05. The highest BCUT2D eigenvalue weighted by Crippen LogP contribution is 2.36. The van der Waals surface area contributed by atoms with Crippen molar-refractivity contribution in [2.24, 2.45) is 5.41 Å². The first kappa shape index (κ1) is 25.6. The van der Waals surface area contributed by atoms with Crippen molar-refractivity contribution >= 4 is 39.7 Å². The minimum absolute atomic E-state index is 0.0229. The van der Waals surface area contributed by atoms with Gasteiger partial charge < -0.3 is 24.3 Å². The molecule has 2 aliphatic heterocycles. The number of piperidine rings is 1. The number of carbonyl (C=O) groups excluding carboxylic acids is 2. The van der Waals surface area contributed by atoms with E-state index in [9.17, 15) is 9.59 Å². The van der Waals surface area contributed by atoms with Gasteiger partial charge in [0.05, 0.1) is 11.0 Å². The topological polar surface area (TPSA) is 87.4 Å². The number of benzene rings is 2. The summed E-state index contributed by atoms with van der Waals surface area (Å²) in [7, 11) is 6.27. The van der Waals surface area contributed by atoms with Crippen LogP contribution in [0.2, 0.25) is 0 Å². The molecule has 1 fully saturated rings. The molecule has 6 rings (SSSR count). The summed E-state index contributed by atoms with van der Waals surface area (Å²) in [5.41, 5.74) is 4.04. The number of nitrogens with zero attached hydrogens (tertiary/aromatic N) is 5. The van der Waals surface area contributed by atoms with Crippen molar-refractivity contribution in [2.75, 3.05) is 52.6 Å². The molecule has 2 aromatic heterocycles. The third-order valence-electron chi connectivity index (χ3n) is 8.43. The number of fused-ring (bicyclic) bond motifs is 4. The fourth-order valence-electron chi connectivity index (χ4n) is 6.05. The summed E-state index contributed by atoms with van der Waals surface area (Å²) in [6.07, 6.45) is 3.01. The molecule has 9 nitrogen and oxygen atoms in total. The lowest BCUT2D eigenvalue weighted by Crippen LogP contribution is -2.45. The Morgan fingerprint density at radius 3 is 2.69 bits per heavy atom. The van der Waals surface area contributed by atoms with E-state index in [0.717, 1.165) is 73.9 Å². The lowest BCUT2D eigenvalue weighted by molar-refractivity contribution is 0.0881. The number of carbonyl (C=O) groups is 2. The SMILES string of the molecule is CN(C)CCCn1c(NC(=O)c2ccc3cc4n(c3c2)CC2(CCN(C)CC2)CNC4=O)nc2ccccc21. The van der Waals surface area contributed by atoms with Crippen LogP contribution in [0.5, 0.6) is 0 Å². The Balaban J connectivity index is 1.31. The third kappa shape index (κ3) is 4.92. The second kappa shape index (κ2) is 10.1. The number of anilines is 1. The second-order valence-electron chi connectivity index (χ2n) is 11.6. The summed E-state index contributed by atoms with van der Waals surface area (Å²) in [5, 5.41) is 7.23. The summed E-state index contributed by atoms with van der Waals surface area (Å²) in [6.45, 7) is 5.20. The molecule has 2 amide bonds. The van der Waals surface area contributed by atoms with Crippen LogP contribution >= 0.6 is 0 Å². The van der Waals surface area contributed by atoms with Crippen LogP contribution in [-0.4, -0.2) is 83.1 Å². The van der Waals surface area contributed by atoms with Crippen molar-refractivity contribution in [3.05, 3.63) is 59.8 Å². The van der Waals surface area contributed by atoms with Gasteiger partial charge in [-0.05, 0) is 90.4 Å². The van der Waals surface area contributed by atoms with Crippen LogP contribution in [-0.2, 0) is 13.1 Å². The van der Waals surface area contributed by atoms with Gasteiger partial charge in [-0.3, -0.25) is 14.9 Å². The summed E-state index contributed by atoms with van der Waals surface area (Å²) in [4.78, 5) is 35.8. The first-order chi connectivity index (χ1) is 18.8. The molecule has 2 aliphatic rings. The number of nitrogens with one attached hydrogen (secondary N) is 2. The molecule has 1 spiro atoms. The molecule has 1 saturated heterocycles. The van der Waals surface area contributed by atoms with Gasteiger partial charge in [0.1, 0.15) is 5.69 Å². The summed E-state index contributed by atoms with van der Waals surface area (Å²) in [6, 6.07) is 15.6. The van der Waals surface area contributed by atoms with E-state index >= 15 is 0 Å². The highest BCUT2D eigenvalue weighted by molar-refractivity contribution is 6.07. The first-order valence-electron chi connectivity index (χ1n) is 13.8. The highest BCUT2D eigenvalue weighted by atomic mass is 16.2. The Labute approximate surface area is 228 Å². The van der Waals surface area contributed by atoms with Crippen molar-refractivity contribution in [1.29, 1.82) is 0 Å². The third-order valence-corrected chi connectivity index (χ3v) is 8.43. The molecular weight excluding hydrogens is 490 g/mol. The Morgan fingerprint density at radius 2 is 1.90 bits per heavy atom. The smallest absolute Gasteiger partial charge is 0.267 e. The average Bonchev–Trinajstić information content (AvgIpc) is 3.42. The van der Waals surface area contributed by atoms with E-state index in [0.29, 0.717) is 23.8 Å². The molecular formula is C30H37N7O2. The summed E-state index contributed by atoms with van der Waals surface area (Å²) >= 11 is 0. The molecule has 39 heavy (non-hydrogen) atoms. The molecule has 0 atom stereocenters. The standard InChI is InChI=1S/C30H37N7O2/c1-34(2)13-6-14-36-24-8-5-4-7-23(24)32-29(36)33-27(38)22-10-9-21-17-26-28(39)31-19-30(11-15-35(3)16-12-30)20-37(26)25(21)18-22/h4-5,7-10,17-18H,6,11-16,19-20H2,1-3H3,(H,31,39)(H,32,33,38). The van der Waals surface area contributed by atoms with Crippen LogP contribution in [0.15, 0.2) is 48.5 Å². The van der Waals surface area contributed by atoms with E-state index < -0.39 is 0 Å². The van der Waals surface area contributed by atoms with E-state index in [-0.39, 0.29) is 17.2 Å². The molecule has 9 heteroatoms. The highest BCUT2D eigenvalue weighted by Gasteiger charge is 2.38.